The maximum absolute atomic E-state index is 2.41. The molecule has 0 aliphatic carbocycles. The summed E-state index contributed by atoms with van der Waals surface area (Å²) in [4.78, 5) is 0. The first-order valence-electron chi connectivity index (χ1n) is 4.81. The number of hydrogen-bond acceptors (Lipinski definition) is 1. The van der Waals surface area contributed by atoms with Crippen LogP contribution in [0.5, 0.6) is 0 Å². The predicted octanol–water partition coefficient (Wildman–Crippen LogP) is 2.57. The van der Waals surface area contributed by atoms with Crippen molar-refractivity contribution in [1.29, 1.82) is 0 Å². The van der Waals surface area contributed by atoms with E-state index in [-0.39, 0.29) is 0 Å². The Morgan fingerprint density at radius 3 is 2.21 bits per heavy atom. The van der Waals surface area contributed by atoms with Gasteiger partial charge in [-0.1, -0.05) is 60.7 Å². The van der Waals surface area contributed by atoms with Crippen LogP contribution in [0, 0.1) is 0 Å². The molecule has 0 aliphatic rings. The van der Waals surface area contributed by atoms with Crippen molar-refractivity contribution < 1.29 is 0 Å². The summed E-state index contributed by atoms with van der Waals surface area (Å²) in [6.07, 6.45) is 0. The second kappa shape index (κ2) is 3.71. The van der Waals surface area contributed by atoms with Crippen molar-refractivity contribution >= 4 is 29.1 Å². The molecule has 1 aromatic heterocycles. The van der Waals surface area contributed by atoms with Gasteiger partial charge in [0.1, 0.15) is 8.07 Å². The molecule has 0 amide bonds. The fraction of sp³-hybridized carbons (Fsp3) is 0.167. The fourth-order valence-electron chi connectivity index (χ4n) is 1.63. The zero-order valence-corrected chi connectivity index (χ0v) is 10.3. The van der Waals surface area contributed by atoms with Crippen LogP contribution < -0.4 is 9.69 Å². The van der Waals surface area contributed by atoms with E-state index in [0.29, 0.717) is 0 Å². The molecule has 0 aliphatic heterocycles. The number of hydrogen-bond donors (Lipinski definition) is 0. The average molecular weight is 218 g/mol. The lowest BCUT2D eigenvalue weighted by atomic mass is 10.4. The van der Waals surface area contributed by atoms with E-state index in [1.165, 1.54) is 5.19 Å². The van der Waals surface area contributed by atoms with Gasteiger partial charge in [-0.2, -0.15) is 11.3 Å². The minimum Gasteiger partial charge on any atom is -0.153 e. The van der Waals surface area contributed by atoms with Gasteiger partial charge in [-0.25, -0.2) is 0 Å². The molecule has 2 rings (SSSR count). The van der Waals surface area contributed by atoms with Crippen LogP contribution in [-0.2, 0) is 0 Å². The Balaban J connectivity index is 2.43. The topological polar surface area (TPSA) is 0 Å². The van der Waals surface area contributed by atoms with E-state index >= 15 is 0 Å². The summed E-state index contributed by atoms with van der Waals surface area (Å²) in [5, 5.41) is 3.69. The van der Waals surface area contributed by atoms with E-state index in [1.54, 1.807) is 4.50 Å². The summed E-state index contributed by atoms with van der Waals surface area (Å²) in [5.74, 6) is 0. The molecule has 0 atom stereocenters. The van der Waals surface area contributed by atoms with Crippen LogP contribution >= 0.6 is 11.3 Å². The molecule has 1 aromatic carbocycles. The summed E-state index contributed by atoms with van der Waals surface area (Å²) in [6.45, 7) is 4.82. The molecule has 0 saturated heterocycles. The highest BCUT2D eigenvalue weighted by Crippen LogP contribution is 2.08. The summed E-state index contributed by atoms with van der Waals surface area (Å²) in [5.41, 5.74) is 0. The molecule has 0 unspecified atom stereocenters. The van der Waals surface area contributed by atoms with Crippen molar-refractivity contribution in [2.24, 2.45) is 0 Å². The molecule has 0 N–H and O–H groups in total. The number of benzene rings is 1. The molecule has 2 aromatic rings. The molecule has 72 valence electrons. The van der Waals surface area contributed by atoms with Crippen molar-refractivity contribution in [2.75, 3.05) is 0 Å². The molecule has 0 bridgehead atoms. The second-order valence-corrected chi connectivity index (χ2v) is 9.64. The van der Waals surface area contributed by atoms with Gasteiger partial charge in [-0.3, -0.25) is 0 Å². The molecule has 2 heteroatoms. The first-order valence-corrected chi connectivity index (χ1v) is 8.69. The van der Waals surface area contributed by atoms with Gasteiger partial charge >= 0.3 is 0 Å². The van der Waals surface area contributed by atoms with E-state index in [0.717, 1.165) is 0 Å². The Kier molecular flexibility index (Phi) is 2.57. The Bertz CT molecular complexity index is 390. The highest BCUT2D eigenvalue weighted by molar-refractivity contribution is 7.27. The van der Waals surface area contributed by atoms with Crippen LogP contribution in [0.1, 0.15) is 0 Å². The Morgan fingerprint density at radius 1 is 0.929 bits per heavy atom. The van der Waals surface area contributed by atoms with Gasteiger partial charge in [0.2, 0.25) is 0 Å². The molecule has 0 fully saturated rings. The zero-order chi connectivity index (χ0) is 10.0. The van der Waals surface area contributed by atoms with Crippen molar-refractivity contribution in [1.82, 2.24) is 0 Å². The maximum Gasteiger partial charge on any atom is 0.124 e. The minimum atomic E-state index is -1.38. The third-order valence-electron chi connectivity index (χ3n) is 2.63. The lowest BCUT2D eigenvalue weighted by molar-refractivity contribution is 1.71. The Hall–Kier alpha value is -0.863. The summed E-state index contributed by atoms with van der Waals surface area (Å²) >= 11 is 1.89. The summed E-state index contributed by atoms with van der Waals surface area (Å²) < 4.78 is 1.56. The van der Waals surface area contributed by atoms with E-state index in [1.807, 2.05) is 11.3 Å². The molecular formula is C12H14SSi. The highest BCUT2D eigenvalue weighted by Gasteiger charge is 2.26. The lowest BCUT2D eigenvalue weighted by Crippen LogP contribution is -2.51. The number of rotatable bonds is 2. The van der Waals surface area contributed by atoms with Gasteiger partial charge in [0, 0.05) is 0 Å². The van der Waals surface area contributed by atoms with E-state index in [9.17, 15) is 0 Å². The summed E-state index contributed by atoms with van der Waals surface area (Å²) in [7, 11) is -1.38. The first-order chi connectivity index (χ1) is 6.71. The van der Waals surface area contributed by atoms with E-state index in [2.05, 4.69) is 60.9 Å². The first kappa shape index (κ1) is 9.68. The number of thiophene rings is 1. The standard InChI is InChI=1S/C12H14SSi/c1-14(2,12-9-6-10-13-12)11-7-4-3-5-8-11/h3-10H,1-2H3. The minimum absolute atomic E-state index is 1.38. The Labute approximate surface area is 90.2 Å². The van der Waals surface area contributed by atoms with Gasteiger partial charge < -0.3 is 0 Å². The third kappa shape index (κ3) is 1.68. The van der Waals surface area contributed by atoms with Gasteiger partial charge in [-0.15, -0.1) is 0 Å². The third-order valence-corrected chi connectivity index (χ3v) is 8.38. The maximum atomic E-state index is 2.41. The predicted molar refractivity (Wildman–Crippen MR) is 67.5 cm³/mol. The molecular weight excluding hydrogens is 204 g/mol. The molecule has 0 saturated carbocycles. The quantitative estimate of drug-likeness (QED) is 0.680. The van der Waals surface area contributed by atoms with Crippen LogP contribution in [0.2, 0.25) is 13.1 Å². The van der Waals surface area contributed by atoms with Crippen LogP contribution in [-0.4, -0.2) is 8.07 Å². The monoisotopic (exact) mass is 218 g/mol. The average Bonchev–Trinajstić information content (AvgIpc) is 2.72. The van der Waals surface area contributed by atoms with Crippen molar-refractivity contribution in [2.45, 2.75) is 13.1 Å². The van der Waals surface area contributed by atoms with Crippen LogP contribution in [0.25, 0.3) is 0 Å². The Morgan fingerprint density at radius 2 is 1.64 bits per heavy atom. The largest absolute Gasteiger partial charge is 0.153 e. The molecule has 0 spiro atoms. The van der Waals surface area contributed by atoms with Gasteiger partial charge in [-0.05, 0) is 9.88 Å². The van der Waals surface area contributed by atoms with E-state index < -0.39 is 8.07 Å². The van der Waals surface area contributed by atoms with Gasteiger partial charge in [0.05, 0.1) is 0 Å². The lowest BCUT2D eigenvalue weighted by Gasteiger charge is -2.21. The molecule has 1 heterocycles. The van der Waals surface area contributed by atoms with Crippen molar-refractivity contribution in [3.05, 3.63) is 47.8 Å². The summed E-state index contributed by atoms with van der Waals surface area (Å²) in [6, 6.07) is 15.3. The smallest absolute Gasteiger partial charge is 0.124 e. The zero-order valence-electron chi connectivity index (χ0n) is 8.53. The van der Waals surface area contributed by atoms with Crippen LogP contribution in [0.3, 0.4) is 0 Å². The van der Waals surface area contributed by atoms with Crippen molar-refractivity contribution in [3.8, 4) is 0 Å². The molecule has 0 radical (unpaired) electrons. The SMILES string of the molecule is C[Si](C)(c1ccccc1)c1cccs1. The van der Waals surface area contributed by atoms with Crippen LogP contribution in [0.4, 0.5) is 0 Å². The fourth-order valence-corrected chi connectivity index (χ4v) is 5.65. The van der Waals surface area contributed by atoms with Crippen LogP contribution in [0.15, 0.2) is 47.8 Å². The second-order valence-electron chi connectivity index (χ2n) is 3.97. The van der Waals surface area contributed by atoms with E-state index in [4.69, 9.17) is 0 Å². The van der Waals surface area contributed by atoms with Crippen molar-refractivity contribution in [3.63, 3.8) is 0 Å². The van der Waals surface area contributed by atoms with Gasteiger partial charge in [0.15, 0.2) is 0 Å². The molecule has 14 heavy (non-hydrogen) atoms. The molecule has 0 nitrogen and oxygen atoms in total. The highest BCUT2D eigenvalue weighted by atomic mass is 32.1. The normalized spacial score (nSPS) is 11.6. The van der Waals surface area contributed by atoms with Gasteiger partial charge in [0.25, 0.3) is 0 Å².